The lowest BCUT2D eigenvalue weighted by molar-refractivity contribution is -0.137. The Balaban J connectivity index is 2.01. The molecule has 1 unspecified atom stereocenters. The molecule has 1 aliphatic heterocycles. The minimum atomic E-state index is -4.52. The van der Waals surface area contributed by atoms with Gasteiger partial charge in [-0.05, 0) is 24.6 Å². The van der Waals surface area contributed by atoms with Gasteiger partial charge < -0.3 is 4.74 Å². The molecule has 0 bridgehead atoms. The van der Waals surface area contributed by atoms with E-state index in [1.54, 1.807) is 0 Å². The van der Waals surface area contributed by atoms with E-state index in [0.29, 0.717) is 6.42 Å². The molecule has 1 aromatic carbocycles. The average molecular weight is 380 g/mol. The van der Waals surface area contributed by atoms with Crippen LogP contribution in [0.15, 0.2) is 24.3 Å². The first kappa shape index (κ1) is 19.5. The third kappa shape index (κ3) is 5.33. The van der Waals surface area contributed by atoms with E-state index in [9.17, 15) is 26.4 Å². The number of hydrogen-bond donors (Lipinski definition) is 1. The number of halogens is 3. The zero-order chi connectivity index (χ0) is 18.7. The van der Waals surface area contributed by atoms with Crippen molar-refractivity contribution in [2.45, 2.75) is 32.0 Å². The quantitative estimate of drug-likeness (QED) is 0.789. The van der Waals surface area contributed by atoms with Crippen LogP contribution in [0.4, 0.5) is 23.7 Å². The summed E-state index contributed by atoms with van der Waals surface area (Å²) in [6.07, 6.45) is -4.86. The van der Waals surface area contributed by atoms with E-state index in [4.69, 9.17) is 4.74 Å². The molecule has 25 heavy (non-hydrogen) atoms. The first-order valence-corrected chi connectivity index (χ1v) is 9.40. The second-order valence-corrected chi connectivity index (χ2v) is 7.61. The molecular weight excluding hydrogens is 361 g/mol. The summed E-state index contributed by atoms with van der Waals surface area (Å²) in [7, 11) is -3.47. The van der Waals surface area contributed by atoms with Crippen molar-refractivity contribution in [1.82, 2.24) is 4.72 Å². The van der Waals surface area contributed by atoms with E-state index in [0.717, 1.165) is 23.5 Å². The number of cyclic esters (lactones) is 1. The fourth-order valence-corrected chi connectivity index (χ4v) is 3.57. The summed E-state index contributed by atoms with van der Waals surface area (Å²) in [5, 5.41) is 0. The SMILES string of the molecule is CCCCS(=O)(=O)NCC1CN(c2cccc(C(F)(F)F)c2)C(=O)O1. The van der Waals surface area contributed by atoms with Crippen molar-refractivity contribution in [1.29, 1.82) is 0 Å². The van der Waals surface area contributed by atoms with Gasteiger partial charge in [-0.3, -0.25) is 4.90 Å². The van der Waals surface area contributed by atoms with Crippen LogP contribution < -0.4 is 9.62 Å². The van der Waals surface area contributed by atoms with Crippen molar-refractivity contribution >= 4 is 21.8 Å². The number of ether oxygens (including phenoxy) is 1. The van der Waals surface area contributed by atoms with Crippen LogP contribution in [0.1, 0.15) is 25.3 Å². The second kappa shape index (κ2) is 7.61. The maximum absolute atomic E-state index is 12.8. The van der Waals surface area contributed by atoms with E-state index in [1.807, 2.05) is 6.92 Å². The predicted molar refractivity (Wildman–Crippen MR) is 85.8 cm³/mol. The van der Waals surface area contributed by atoms with Gasteiger partial charge >= 0.3 is 12.3 Å². The molecule has 1 aromatic rings. The fourth-order valence-electron chi connectivity index (χ4n) is 2.32. The zero-order valence-corrected chi connectivity index (χ0v) is 14.4. The van der Waals surface area contributed by atoms with Gasteiger partial charge in [-0.25, -0.2) is 17.9 Å². The monoisotopic (exact) mass is 380 g/mol. The number of nitrogens with one attached hydrogen (secondary N) is 1. The number of alkyl halides is 3. The summed E-state index contributed by atoms with van der Waals surface area (Å²) in [5.41, 5.74) is -0.822. The van der Waals surface area contributed by atoms with Crippen molar-refractivity contribution in [2.75, 3.05) is 23.7 Å². The largest absolute Gasteiger partial charge is 0.443 e. The van der Waals surface area contributed by atoms with Gasteiger partial charge in [0, 0.05) is 12.2 Å². The first-order valence-electron chi connectivity index (χ1n) is 7.75. The number of sulfonamides is 1. The van der Waals surface area contributed by atoms with Crippen molar-refractivity contribution < 1.29 is 31.1 Å². The molecule has 0 aromatic heterocycles. The topological polar surface area (TPSA) is 75.7 Å². The van der Waals surface area contributed by atoms with E-state index < -0.39 is 34.0 Å². The molecule has 1 fully saturated rings. The Kier molecular flexibility index (Phi) is 5.94. The Morgan fingerprint density at radius 2 is 2.08 bits per heavy atom. The summed E-state index contributed by atoms with van der Waals surface area (Å²) < 4.78 is 69.2. The molecule has 6 nitrogen and oxygen atoms in total. The zero-order valence-electron chi connectivity index (χ0n) is 13.5. The lowest BCUT2D eigenvalue weighted by atomic mass is 10.2. The fraction of sp³-hybridized carbons (Fsp3) is 0.533. The Hall–Kier alpha value is -1.81. The lowest BCUT2D eigenvalue weighted by Gasteiger charge is -2.15. The number of unbranched alkanes of at least 4 members (excludes halogenated alkanes) is 1. The van der Waals surface area contributed by atoms with Gasteiger partial charge in [0.25, 0.3) is 0 Å². The average Bonchev–Trinajstić information content (AvgIpc) is 2.92. The maximum atomic E-state index is 12.8. The number of anilines is 1. The highest BCUT2D eigenvalue weighted by Crippen LogP contribution is 2.32. The van der Waals surface area contributed by atoms with E-state index in [2.05, 4.69) is 4.72 Å². The molecule has 10 heteroatoms. The van der Waals surface area contributed by atoms with Crippen molar-refractivity contribution in [3.8, 4) is 0 Å². The van der Waals surface area contributed by atoms with Gasteiger partial charge in [-0.2, -0.15) is 13.2 Å². The van der Waals surface area contributed by atoms with Gasteiger partial charge in [0.1, 0.15) is 6.10 Å². The van der Waals surface area contributed by atoms with Gasteiger partial charge in [0.2, 0.25) is 10.0 Å². The highest BCUT2D eigenvalue weighted by atomic mass is 32.2. The van der Waals surface area contributed by atoms with Crippen molar-refractivity contribution in [3.63, 3.8) is 0 Å². The van der Waals surface area contributed by atoms with E-state index in [-0.39, 0.29) is 24.5 Å². The highest BCUT2D eigenvalue weighted by Gasteiger charge is 2.35. The molecule has 1 amide bonds. The molecule has 0 radical (unpaired) electrons. The predicted octanol–water partition coefficient (Wildman–Crippen LogP) is 2.75. The number of carbonyl (C=O) groups is 1. The molecule has 0 saturated carbocycles. The summed E-state index contributed by atoms with van der Waals surface area (Å²) in [5.74, 6) is -0.0263. The summed E-state index contributed by atoms with van der Waals surface area (Å²) in [6, 6.07) is 4.33. The van der Waals surface area contributed by atoms with Crippen molar-refractivity contribution in [2.24, 2.45) is 0 Å². The summed E-state index contributed by atoms with van der Waals surface area (Å²) in [4.78, 5) is 12.9. The number of hydrogen-bond acceptors (Lipinski definition) is 4. The number of carbonyl (C=O) groups excluding carboxylic acids is 1. The number of rotatable bonds is 7. The maximum Gasteiger partial charge on any atom is 0.416 e. The minimum absolute atomic E-state index is 0.0263. The molecule has 1 N–H and O–H groups in total. The molecule has 1 saturated heterocycles. The molecular formula is C15H19F3N2O4S. The van der Waals surface area contributed by atoms with Crippen LogP contribution in [0.2, 0.25) is 0 Å². The minimum Gasteiger partial charge on any atom is -0.443 e. The van der Waals surface area contributed by atoms with Gasteiger partial charge in [-0.15, -0.1) is 0 Å². The van der Waals surface area contributed by atoms with Gasteiger partial charge in [0.05, 0.1) is 17.9 Å². The lowest BCUT2D eigenvalue weighted by Crippen LogP contribution is -2.35. The second-order valence-electron chi connectivity index (χ2n) is 5.69. The van der Waals surface area contributed by atoms with Crippen LogP contribution in [-0.2, 0) is 20.9 Å². The molecule has 1 atom stereocenters. The molecule has 1 aliphatic rings. The smallest absolute Gasteiger partial charge is 0.416 e. The van der Waals surface area contributed by atoms with E-state index >= 15 is 0 Å². The highest BCUT2D eigenvalue weighted by molar-refractivity contribution is 7.89. The van der Waals surface area contributed by atoms with Crippen LogP contribution in [0, 0.1) is 0 Å². The first-order chi connectivity index (χ1) is 11.6. The molecule has 140 valence electrons. The molecule has 2 rings (SSSR count). The van der Waals surface area contributed by atoms with Gasteiger partial charge in [-0.1, -0.05) is 19.4 Å². The molecule has 1 heterocycles. The number of amides is 1. The number of nitrogens with zero attached hydrogens (tertiary/aromatic N) is 1. The van der Waals surface area contributed by atoms with Crippen LogP contribution >= 0.6 is 0 Å². The van der Waals surface area contributed by atoms with Crippen LogP contribution in [0.3, 0.4) is 0 Å². The molecule has 0 spiro atoms. The summed E-state index contributed by atoms with van der Waals surface area (Å²) in [6.45, 7) is 1.71. The Labute approximate surface area is 144 Å². The van der Waals surface area contributed by atoms with E-state index in [1.165, 1.54) is 12.1 Å². The van der Waals surface area contributed by atoms with Crippen molar-refractivity contribution in [3.05, 3.63) is 29.8 Å². The summed E-state index contributed by atoms with van der Waals surface area (Å²) >= 11 is 0. The molecule has 0 aliphatic carbocycles. The van der Waals surface area contributed by atoms with Crippen LogP contribution in [-0.4, -0.2) is 39.5 Å². The third-order valence-corrected chi connectivity index (χ3v) is 5.09. The van der Waals surface area contributed by atoms with Crippen LogP contribution in [0.25, 0.3) is 0 Å². The van der Waals surface area contributed by atoms with Crippen LogP contribution in [0.5, 0.6) is 0 Å². The number of benzene rings is 1. The Morgan fingerprint density at radius 3 is 2.72 bits per heavy atom. The normalized spacial score (nSPS) is 18.5. The third-order valence-electron chi connectivity index (χ3n) is 3.66. The Bertz CT molecular complexity index is 722. The van der Waals surface area contributed by atoms with Gasteiger partial charge in [0.15, 0.2) is 0 Å². The standard InChI is InChI=1S/C15H19F3N2O4S/c1-2-3-7-25(22,23)19-9-13-10-20(14(21)24-13)12-6-4-5-11(8-12)15(16,17)18/h4-6,8,13,19H,2-3,7,9-10H2,1H3. The Morgan fingerprint density at radius 1 is 1.36 bits per heavy atom.